The average Bonchev–Trinajstić information content (AvgIpc) is 3.00. The van der Waals surface area contributed by atoms with E-state index in [9.17, 15) is 9.18 Å². The van der Waals surface area contributed by atoms with Gasteiger partial charge in [-0.25, -0.2) is 9.07 Å². The van der Waals surface area contributed by atoms with Crippen LogP contribution in [0.4, 0.5) is 4.39 Å². The van der Waals surface area contributed by atoms with E-state index in [-0.39, 0.29) is 24.8 Å². The van der Waals surface area contributed by atoms with Gasteiger partial charge >= 0.3 is 0 Å². The van der Waals surface area contributed by atoms with Crippen LogP contribution in [0, 0.1) is 17.7 Å². The van der Waals surface area contributed by atoms with Gasteiger partial charge in [-0.3, -0.25) is 4.79 Å². The zero-order valence-corrected chi connectivity index (χ0v) is 14.6. The van der Waals surface area contributed by atoms with Gasteiger partial charge in [-0.2, -0.15) is 0 Å². The van der Waals surface area contributed by atoms with E-state index in [4.69, 9.17) is 4.74 Å². The van der Waals surface area contributed by atoms with Crippen LogP contribution in [-0.2, 0) is 17.9 Å². The molecule has 25 heavy (non-hydrogen) atoms. The number of likely N-dealkylation sites (tertiary alicyclic amines) is 1. The lowest BCUT2D eigenvalue weighted by Gasteiger charge is -2.34. The predicted octanol–water partition coefficient (Wildman–Crippen LogP) is 2.50. The maximum atomic E-state index is 13.5. The summed E-state index contributed by atoms with van der Waals surface area (Å²) in [5.74, 6) is 0.842. The van der Waals surface area contributed by atoms with Crippen molar-refractivity contribution in [3.63, 3.8) is 0 Å². The highest BCUT2D eigenvalue weighted by molar-refractivity contribution is 5.76. The molecule has 2 heterocycles. The fraction of sp³-hybridized carbons (Fsp3) is 0.500. The van der Waals surface area contributed by atoms with E-state index in [0.717, 1.165) is 19.5 Å². The summed E-state index contributed by atoms with van der Waals surface area (Å²) in [5, 5.41) is 7.95. The van der Waals surface area contributed by atoms with Crippen LogP contribution >= 0.6 is 0 Å². The van der Waals surface area contributed by atoms with Crippen molar-refractivity contribution in [3.05, 3.63) is 42.0 Å². The highest BCUT2D eigenvalue weighted by Crippen LogP contribution is 2.21. The van der Waals surface area contributed by atoms with E-state index in [2.05, 4.69) is 24.2 Å². The minimum Gasteiger partial charge on any atom is -0.484 e. The standard InChI is InChI=1S/C18H23FN4O2/c1-13-7-14(2)9-22(8-13)18(24)11-23-10-15(20-21-23)12-25-17-6-4-3-5-16(17)19/h3-6,10,13-14H,7-9,11-12H2,1-2H3/t13-,14+. The lowest BCUT2D eigenvalue weighted by atomic mass is 9.92. The van der Waals surface area contributed by atoms with Gasteiger partial charge in [-0.05, 0) is 30.4 Å². The number of aromatic nitrogens is 3. The molecule has 1 aromatic carbocycles. The second-order valence-corrected chi connectivity index (χ2v) is 6.87. The number of benzene rings is 1. The third-order valence-electron chi connectivity index (χ3n) is 4.32. The SMILES string of the molecule is C[C@@H]1C[C@H](C)CN(C(=O)Cn2cc(COc3ccccc3F)nn2)C1. The third-order valence-corrected chi connectivity index (χ3v) is 4.32. The number of rotatable bonds is 5. The van der Waals surface area contributed by atoms with Gasteiger partial charge < -0.3 is 9.64 Å². The Bertz CT molecular complexity index is 723. The molecular weight excluding hydrogens is 323 g/mol. The average molecular weight is 346 g/mol. The number of hydrogen-bond acceptors (Lipinski definition) is 4. The zero-order valence-electron chi connectivity index (χ0n) is 14.6. The normalized spacial score (nSPS) is 20.5. The molecule has 7 heteroatoms. The number of carbonyl (C=O) groups is 1. The number of amides is 1. The molecule has 0 aliphatic carbocycles. The number of halogens is 1. The van der Waals surface area contributed by atoms with E-state index in [1.54, 1.807) is 24.4 Å². The fourth-order valence-electron chi connectivity index (χ4n) is 3.30. The second kappa shape index (κ2) is 7.63. The zero-order chi connectivity index (χ0) is 17.8. The van der Waals surface area contributed by atoms with Crippen molar-refractivity contribution in [2.75, 3.05) is 13.1 Å². The summed E-state index contributed by atoms with van der Waals surface area (Å²) in [5.41, 5.74) is 0.552. The third kappa shape index (κ3) is 4.55. The van der Waals surface area contributed by atoms with E-state index in [1.165, 1.54) is 10.7 Å². The fourth-order valence-corrected chi connectivity index (χ4v) is 3.30. The van der Waals surface area contributed by atoms with Crippen molar-refractivity contribution in [3.8, 4) is 5.75 Å². The van der Waals surface area contributed by atoms with Gasteiger partial charge in [-0.15, -0.1) is 5.10 Å². The van der Waals surface area contributed by atoms with Crippen molar-refractivity contribution >= 4 is 5.91 Å². The van der Waals surface area contributed by atoms with Crippen LogP contribution in [0.5, 0.6) is 5.75 Å². The molecule has 0 spiro atoms. The van der Waals surface area contributed by atoms with E-state index < -0.39 is 5.82 Å². The topological polar surface area (TPSA) is 60.2 Å². The van der Waals surface area contributed by atoms with Crippen molar-refractivity contribution < 1.29 is 13.9 Å². The van der Waals surface area contributed by atoms with Crippen LogP contribution in [0.15, 0.2) is 30.5 Å². The molecule has 0 bridgehead atoms. The van der Waals surface area contributed by atoms with Crippen molar-refractivity contribution in [1.29, 1.82) is 0 Å². The minimum absolute atomic E-state index is 0.0462. The second-order valence-electron chi connectivity index (χ2n) is 6.87. The van der Waals surface area contributed by atoms with Crippen LogP contribution in [0.1, 0.15) is 26.0 Å². The first-order chi connectivity index (χ1) is 12.0. The summed E-state index contributed by atoms with van der Waals surface area (Å²) in [7, 11) is 0. The Balaban J connectivity index is 1.54. The van der Waals surface area contributed by atoms with Crippen LogP contribution < -0.4 is 4.74 Å². The number of piperidine rings is 1. The molecule has 2 atom stereocenters. The van der Waals surface area contributed by atoms with Crippen LogP contribution in [0.3, 0.4) is 0 Å². The largest absolute Gasteiger partial charge is 0.484 e. The molecule has 1 fully saturated rings. The first-order valence-electron chi connectivity index (χ1n) is 8.55. The van der Waals surface area contributed by atoms with Crippen LogP contribution in [0.25, 0.3) is 0 Å². The van der Waals surface area contributed by atoms with Crippen molar-refractivity contribution in [2.45, 2.75) is 33.4 Å². The van der Waals surface area contributed by atoms with Gasteiger partial charge in [0.1, 0.15) is 18.8 Å². The maximum Gasteiger partial charge on any atom is 0.244 e. The molecule has 134 valence electrons. The summed E-state index contributed by atoms with van der Waals surface area (Å²) in [4.78, 5) is 14.3. The lowest BCUT2D eigenvalue weighted by Crippen LogP contribution is -2.44. The van der Waals surface area contributed by atoms with Gasteiger partial charge in [-0.1, -0.05) is 31.2 Å². The molecule has 6 nitrogen and oxygen atoms in total. The molecule has 0 unspecified atom stereocenters. The summed E-state index contributed by atoms with van der Waals surface area (Å²) in [6, 6.07) is 6.20. The maximum absolute atomic E-state index is 13.5. The van der Waals surface area contributed by atoms with E-state index >= 15 is 0 Å². The monoisotopic (exact) mass is 346 g/mol. The van der Waals surface area contributed by atoms with Crippen molar-refractivity contribution in [1.82, 2.24) is 19.9 Å². The Hall–Kier alpha value is -2.44. The lowest BCUT2D eigenvalue weighted by molar-refractivity contribution is -0.134. The molecule has 1 aliphatic rings. The molecule has 1 amide bonds. The molecule has 1 aromatic heterocycles. The predicted molar refractivity (Wildman–Crippen MR) is 90.3 cm³/mol. The highest BCUT2D eigenvalue weighted by Gasteiger charge is 2.25. The summed E-state index contributed by atoms with van der Waals surface area (Å²) < 4.78 is 20.4. The number of para-hydroxylation sites is 1. The number of nitrogens with zero attached hydrogens (tertiary/aromatic N) is 4. The molecular formula is C18H23FN4O2. The number of carbonyl (C=O) groups excluding carboxylic acids is 1. The van der Waals surface area contributed by atoms with Gasteiger partial charge in [0.15, 0.2) is 11.6 Å². The van der Waals surface area contributed by atoms with Gasteiger partial charge in [0.25, 0.3) is 0 Å². The van der Waals surface area contributed by atoms with Gasteiger partial charge in [0.2, 0.25) is 5.91 Å². The van der Waals surface area contributed by atoms with Crippen LogP contribution in [-0.4, -0.2) is 38.9 Å². The molecule has 0 radical (unpaired) electrons. The first kappa shape index (κ1) is 17.4. The smallest absolute Gasteiger partial charge is 0.244 e. The first-order valence-corrected chi connectivity index (χ1v) is 8.55. The summed E-state index contributed by atoms with van der Waals surface area (Å²) in [6.45, 7) is 6.19. The van der Waals surface area contributed by atoms with E-state index in [0.29, 0.717) is 17.5 Å². The van der Waals surface area contributed by atoms with Gasteiger partial charge in [0.05, 0.1) is 6.20 Å². The van der Waals surface area contributed by atoms with Crippen molar-refractivity contribution in [2.24, 2.45) is 11.8 Å². The Morgan fingerprint density at radius 3 is 2.72 bits per heavy atom. The molecule has 2 aromatic rings. The van der Waals surface area contributed by atoms with Crippen LogP contribution in [0.2, 0.25) is 0 Å². The Morgan fingerprint density at radius 1 is 1.28 bits per heavy atom. The van der Waals surface area contributed by atoms with Gasteiger partial charge in [0, 0.05) is 13.1 Å². The Kier molecular flexibility index (Phi) is 5.31. The number of hydrogen-bond donors (Lipinski definition) is 0. The summed E-state index contributed by atoms with van der Waals surface area (Å²) in [6.07, 6.45) is 2.82. The molecule has 3 rings (SSSR count). The summed E-state index contributed by atoms with van der Waals surface area (Å²) >= 11 is 0. The molecule has 0 N–H and O–H groups in total. The quantitative estimate of drug-likeness (QED) is 0.835. The highest BCUT2D eigenvalue weighted by atomic mass is 19.1. The molecule has 1 aliphatic heterocycles. The number of ether oxygens (including phenoxy) is 1. The minimum atomic E-state index is -0.418. The van der Waals surface area contributed by atoms with E-state index in [1.807, 2.05) is 4.90 Å². The Morgan fingerprint density at radius 2 is 2.00 bits per heavy atom. The molecule has 1 saturated heterocycles. The Labute approximate surface area is 146 Å². The molecule has 0 saturated carbocycles.